The highest BCUT2D eigenvalue weighted by atomic mass is 35.5. The first-order valence-electron chi connectivity index (χ1n) is 6.86. The van der Waals surface area contributed by atoms with Crippen molar-refractivity contribution in [2.75, 3.05) is 18.4 Å². The average Bonchev–Trinajstić information content (AvgIpc) is 2.36. The highest BCUT2D eigenvalue weighted by molar-refractivity contribution is 6.33. The van der Waals surface area contributed by atoms with Crippen LogP contribution in [0.4, 0.5) is 5.69 Å². The summed E-state index contributed by atoms with van der Waals surface area (Å²) in [5, 5.41) is 3.49. The summed E-state index contributed by atoms with van der Waals surface area (Å²) in [5.41, 5.74) is 1.79. The Bertz CT molecular complexity index is 465. The Morgan fingerprint density at radius 3 is 2.85 bits per heavy atom. The van der Waals surface area contributed by atoms with Gasteiger partial charge < -0.3 is 5.32 Å². The van der Waals surface area contributed by atoms with Crippen molar-refractivity contribution < 1.29 is 4.79 Å². The molecule has 1 unspecified atom stereocenters. The SMILES string of the molecule is Cc1ccc(NC(=O)CN2CCCCC2C)c(Cl)c1.Cl. The van der Waals surface area contributed by atoms with Gasteiger partial charge in [0.05, 0.1) is 17.3 Å². The Hall–Kier alpha value is -0.770. The molecule has 112 valence electrons. The number of nitrogens with one attached hydrogen (secondary N) is 1. The van der Waals surface area contributed by atoms with E-state index in [4.69, 9.17) is 11.6 Å². The Balaban J connectivity index is 0.00000200. The maximum Gasteiger partial charge on any atom is 0.238 e. The number of hydrogen-bond acceptors (Lipinski definition) is 2. The van der Waals surface area contributed by atoms with Crippen LogP contribution in [0.5, 0.6) is 0 Å². The summed E-state index contributed by atoms with van der Waals surface area (Å²) in [4.78, 5) is 14.3. The number of aryl methyl sites for hydroxylation is 1. The van der Waals surface area contributed by atoms with Gasteiger partial charge in [-0.15, -0.1) is 12.4 Å². The molecule has 1 N–H and O–H groups in total. The van der Waals surface area contributed by atoms with Crippen LogP contribution in [-0.4, -0.2) is 29.9 Å². The number of piperidine rings is 1. The van der Waals surface area contributed by atoms with E-state index < -0.39 is 0 Å². The molecule has 5 heteroatoms. The van der Waals surface area contributed by atoms with E-state index in [1.165, 1.54) is 19.3 Å². The second kappa shape index (κ2) is 7.87. The van der Waals surface area contributed by atoms with Crippen LogP contribution in [0.2, 0.25) is 5.02 Å². The normalized spacial score (nSPS) is 19.2. The Morgan fingerprint density at radius 1 is 1.45 bits per heavy atom. The van der Waals surface area contributed by atoms with E-state index in [1.54, 1.807) is 0 Å². The van der Waals surface area contributed by atoms with Crippen molar-refractivity contribution in [3.8, 4) is 0 Å². The molecule has 2 rings (SSSR count). The first-order chi connectivity index (χ1) is 9.06. The largest absolute Gasteiger partial charge is 0.324 e. The van der Waals surface area contributed by atoms with Crippen LogP contribution in [0.25, 0.3) is 0 Å². The summed E-state index contributed by atoms with van der Waals surface area (Å²) < 4.78 is 0. The number of carbonyl (C=O) groups is 1. The Labute approximate surface area is 132 Å². The lowest BCUT2D eigenvalue weighted by Crippen LogP contribution is -2.42. The van der Waals surface area contributed by atoms with Gasteiger partial charge in [-0.25, -0.2) is 0 Å². The predicted molar refractivity (Wildman–Crippen MR) is 87.0 cm³/mol. The van der Waals surface area contributed by atoms with Crippen LogP contribution >= 0.6 is 24.0 Å². The number of halogens is 2. The summed E-state index contributed by atoms with van der Waals surface area (Å²) in [6.45, 7) is 5.62. The molecule has 1 aromatic carbocycles. The van der Waals surface area contributed by atoms with Crippen molar-refractivity contribution in [1.29, 1.82) is 0 Å². The van der Waals surface area contributed by atoms with E-state index in [9.17, 15) is 4.79 Å². The highest BCUT2D eigenvalue weighted by Gasteiger charge is 2.20. The lowest BCUT2D eigenvalue weighted by Gasteiger charge is -2.32. The van der Waals surface area contributed by atoms with Gasteiger partial charge in [-0.3, -0.25) is 9.69 Å². The quantitative estimate of drug-likeness (QED) is 0.917. The van der Waals surface area contributed by atoms with Gasteiger partial charge in [0, 0.05) is 6.04 Å². The van der Waals surface area contributed by atoms with Crippen molar-refractivity contribution in [1.82, 2.24) is 4.90 Å². The molecule has 0 aromatic heterocycles. The first-order valence-corrected chi connectivity index (χ1v) is 7.24. The number of nitrogens with zero attached hydrogens (tertiary/aromatic N) is 1. The van der Waals surface area contributed by atoms with Crippen molar-refractivity contribution in [3.63, 3.8) is 0 Å². The minimum absolute atomic E-state index is 0. The molecule has 1 aromatic rings. The van der Waals surface area contributed by atoms with E-state index in [0.717, 1.165) is 12.1 Å². The van der Waals surface area contributed by atoms with Crippen molar-refractivity contribution in [3.05, 3.63) is 28.8 Å². The first kappa shape index (κ1) is 17.3. The molecule has 1 aliphatic rings. The van der Waals surface area contributed by atoms with Gasteiger partial charge in [-0.05, 0) is 50.9 Å². The maximum absolute atomic E-state index is 12.1. The van der Waals surface area contributed by atoms with Gasteiger partial charge in [-0.1, -0.05) is 24.1 Å². The number of likely N-dealkylation sites (tertiary alicyclic amines) is 1. The molecular weight excluding hydrogens is 295 g/mol. The van der Waals surface area contributed by atoms with Crippen LogP contribution in [-0.2, 0) is 4.79 Å². The standard InChI is InChI=1S/C15H21ClN2O.ClH/c1-11-6-7-14(13(16)9-11)17-15(19)10-18-8-4-3-5-12(18)2;/h6-7,9,12H,3-5,8,10H2,1-2H3,(H,17,19);1H. The predicted octanol–water partition coefficient (Wildman–Crippen LogP) is 3.88. The number of amides is 1. The van der Waals surface area contributed by atoms with E-state index >= 15 is 0 Å². The van der Waals surface area contributed by atoms with E-state index in [0.29, 0.717) is 23.3 Å². The number of benzene rings is 1. The third-order valence-electron chi connectivity index (χ3n) is 3.69. The van der Waals surface area contributed by atoms with Crippen LogP contribution in [0.15, 0.2) is 18.2 Å². The fourth-order valence-corrected chi connectivity index (χ4v) is 2.77. The zero-order valence-electron chi connectivity index (χ0n) is 12.0. The minimum atomic E-state index is 0. The van der Waals surface area contributed by atoms with Crippen LogP contribution < -0.4 is 5.32 Å². The van der Waals surface area contributed by atoms with Gasteiger partial charge in [0.15, 0.2) is 0 Å². The minimum Gasteiger partial charge on any atom is -0.324 e. The van der Waals surface area contributed by atoms with Gasteiger partial charge in [0.25, 0.3) is 0 Å². The molecule has 1 saturated heterocycles. The van der Waals surface area contributed by atoms with Crippen molar-refractivity contribution in [2.45, 2.75) is 39.2 Å². The lowest BCUT2D eigenvalue weighted by atomic mass is 10.0. The van der Waals surface area contributed by atoms with Gasteiger partial charge in [0.1, 0.15) is 0 Å². The van der Waals surface area contributed by atoms with E-state index in [-0.39, 0.29) is 18.3 Å². The molecule has 0 bridgehead atoms. The molecule has 0 radical (unpaired) electrons. The van der Waals surface area contributed by atoms with E-state index in [1.807, 2.05) is 25.1 Å². The summed E-state index contributed by atoms with van der Waals surface area (Å²) >= 11 is 6.12. The zero-order chi connectivity index (χ0) is 13.8. The summed E-state index contributed by atoms with van der Waals surface area (Å²) in [7, 11) is 0. The third-order valence-corrected chi connectivity index (χ3v) is 4.00. The third kappa shape index (κ3) is 4.65. The lowest BCUT2D eigenvalue weighted by molar-refractivity contribution is -0.118. The fraction of sp³-hybridized carbons (Fsp3) is 0.533. The van der Waals surface area contributed by atoms with Crippen molar-refractivity contribution >= 4 is 35.6 Å². The van der Waals surface area contributed by atoms with Gasteiger partial charge >= 0.3 is 0 Å². The maximum atomic E-state index is 12.1. The highest BCUT2D eigenvalue weighted by Crippen LogP contribution is 2.23. The number of rotatable bonds is 3. The van der Waals surface area contributed by atoms with Crippen LogP contribution in [0.1, 0.15) is 31.7 Å². The number of anilines is 1. The molecule has 0 saturated carbocycles. The average molecular weight is 317 g/mol. The Kier molecular flexibility index (Phi) is 6.80. The molecule has 0 aliphatic carbocycles. The molecule has 1 fully saturated rings. The number of carbonyl (C=O) groups excluding carboxylic acids is 1. The summed E-state index contributed by atoms with van der Waals surface area (Å²) in [6, 6.07) is 6.16. The monoisotopic (exact) mass is 316 g/mol. The Morgan fingerprint density at radius 2 is 2.20 bits per heavy atom. The molecule has 1 amide bonds. The topological polar surface area (TPSA) is 32.3 Å². The van der Waals surface area contributed by atoms with Gasteiger partial charge in [0.2, 0.25) is 5.91 Å². The molecule has 1 heterocycles. The van der Waals surface area contributed by atoms with Gasteiger partial charge in [-0.2, -0.15) is 0 Å². The zero-order valence-corrected chi connectivity index (χ0v) is 13.6. The second-order valence-corrected chi connectivity index (χ2v) is 5.75. The van der Waals surface area contributed by atoms with E-state index in [2.05, 4.69) is 17.1 Å². The van der Waals surface area contributed by atoms with Crippen molar-refractivity contribution in [2.24, 2.45) is 0 Å². The smallest absolute Gasteiger partial charge is 0.238 e. The second-order valence-electron chi connectivity index (χ2n) is 5.35. The summed E-state index contributed by atoms with van der Waals surface area (Å²) in [5.74, 6) is 0.0134. The molecule has 0 spiro atoms. The molecular formula is C15H22Cl2N2O. The van der Waals surface area contributed by atoms with Crippen LogP contribution in [0.3, 0.4) is 0 Å². The fourth-order valence-electron chi connectivity index (χ4n) is 2.49. The van der Waals surface area contributed by atoms with Crippen LogP contribution in [0, 0.1) is 6.92 Å². The molecule has 20 heavy (non-hydrogen) atoms. The molecule has 1 aliphatic heterocycles. The molecule has 3 nitrogen and oxygen atoms in total. The summed E-state index contributed by atoms with van der Waals surface area (Å²) in [6.07, 6.45) is 3.63. The molecule has 1 atom stereocenters. The number of hydrogen-bond donors (Lipinski definition) is 1.